The van der Waals surface area contributed by atoms with Gasteiger partial charge in [-0.1, -0.05) is 17.7 Å². The Kier molecular flexibility index (Phi) is 11.0. The molecule has 0 spiro atoms. The van der Waals surface area contributed by atoms with E-state index in [9.17, 15) is 38.3 Å². The number of phenolic OH excluding ortho intramolecular Hbond substituents is 1. The van der Waals surface area contributed by atoms with E-state index in [0.29, 0.717) is 0 Å². The number of carbonyl (C=O) groups excluding carboxylic acids is 6. The van der Waals surface area contributed by atoms with Crippen molar-refractivity contribution in [3.05, 3.63) is 70.2 Å². The Balaban J connectivity index is 1.01. The van der Waals surface area contributed by atoms with Crippen molar-refractivity contribution in [2.75, 3.05) is 63.1 Å². The van der Waals surface area contributed by atoms with Gasteiger partial charge in [0.25, 0.3) is 11.8 Å². The first kappa shape index (κ1) is 39.6. The molecule has 2 saturated heterocycles. The van der Waals surface area contributed by atoms with Gasteiger partial charge in [0.1, 0.15) is 41.3 Å². The third-order valence-corrected chi connectivity index (χ3v) is 10.4. The molecule has 1 aromatic heterocycles. The molecular formula is C38H36ClF2N9O8. The average Bonchev–Trinajstić information content (AvgIpc) is 3.43. The lowest BCUT2D eigenvalue weighted by atomic mass is 10.0. The summed E-state index contributed by atoms with van der Waals surface area (Å²) in [5, 5.41) is 15.6. The zero-order valence-corrected chi connectivity index (χ0v) is 31.6. The number of anilines is 2. The van der Waals surface area contributed by atoms with Crippen LogP contribution in [0, 0.1) is 11.6 Å². The molecule has 0 radical (unpaired) electrons. The van der Waals surface area contributed by atoms with Gasteiger partial charge in [-0.2, -0.15) is 4.98 Å². The molecular weight excluding hydrogens is 784 g/mol. The van der Waals surface area contributed by atoms with E-state index < -0.39 is 64.2 Å². The highest BCUT2D eigenvalue weighted by Crippen LogP contribution is 2.42. The number of primary amides is 1. The number of urea groups is 1. The number of piperazine rings is 1. The molecule has 3 aromatic carbocycles. The quantitative estimate of drug-likeness (QED) is 0.161. The number of nitrogens with zero attached hydrogens (tertiary/aromatic N) is 6. The molecule has 3 aliphatic rings. The number of ether oxygens (including phenoxy) is 1. The number of rotatable bonds is 11. The van der Waals surface area contributed by atoms with E-state index in [4.69, 9.17) is 22.1 Å². The summed E-state index contributed by atoms with van der Waals surface area (Å²) in [6.45, 7) is 1.28. The molecule has 17 nitrogen and oxygen atoms in total. The molecule has 0 bridgehead atoms. The van der Waals surface area contributed by atoms with E-state index in [1.54, 1.807) is 11.9 Å². The van der Waals surface area contributed by atoms with Gasteiger partial charge in [0.2, 0.25) is 23.7 Å². The van der Waals surface area contributed by atoms with Gasteiger partial charge < -0.3 is 35.6 Å². The van der Waals surface area contributed by atoms with E-state index >= 15 is 4.39 Å². The summed E-state index contributed by atoms with van der Waals surface area (Å²) >= 11 is 6.52. The number of fused-ring (bicyclic) bond motifs is 2. The molecule has 1 unspecified atom stereocenters. The van der Waals surface area contributed by atoms with Crippen molar-refractivity contribution < 1.29 is 47.4 Å². The van der Waals surface area contributed by atoms with Crippen molar-refractivity contribution in [1.82, 2.24) is 30.0 Å². The smallest absolute Gasteiger partial charge is 0.314 e. The molecule has 2 fully saturated rings. The van der Waals surface area contributed by atoms with Crippen LogP contribution >= 0.6 is 11.6 Å². The van der Waals surface area contributed by atoms with Crippen LogP contribution in [0.15, 0.2) is 42.5 Å². The fourth-order valence-corrected chi connectivity index (χ4v) is 7.35. The standard InChI is InChI=1S/C38H36ClF2N9O8/c1-47(15-16-58-19-5-6-20-21(17-19)36(56)50(35(20)55)25-7-8-27(52)44-34(25)54)28(53)9-10-43-38-45-32-22(33(46-38)48-11-13-49(14-12-48)37(42)57)18-23(39)29(31(32)41)30-24(40)3-2-4-26(30)51/h2-6,17-18,25,51H,7-16H2,1H3,(H2,42,57)(H,43,45,46)(H,44,52,54). The van der Waals surface area contributed by atoms with Gasteiger partial charge in [0.05, 0.1) is 28.3 Å². The van der Waals surface area contributed by atoms with Crippen LogP contribution in [0.2, 0.25) is 5.02 Å². The van der Waals surface area contributed by atoms with Gasteiger partial charge in [-0.25, -0.2) is 18.6 Å². The number of piperidine rings is 1. The van der Waals surface area contributed by atoms with Crippen molar-refractivity contribution >= 4 is 69.8 Å². The third-order valence-electron chi connectivity index (χ3n) is 10.1. The summed E-state index contributed by atoms with van der Waals surface area (Å²) in [7, 11) is 1.56. The molecule has 4 aromatic rings. The molecule has 302 valence electrons. The Morgan fingerprint density at radius 3 is 2.48 bits per heavy atom. The Morgan fingerprint density at radius 1 is 1.03 bits per heavy atom. The first-order chi connectivity index (χ1) is 27.7. The molecule has 1 atom stereocenters. The van der Waals surface area contributed by atoms with Gasteiger partial charge in [-0.15, -0.1) is 0 Å². The van der Waals surface area contributed by atoms with Gasteiger partial charge in [0.15, 0.2) is 5.82 Å². The van der Waals surface area contributed by atoms with Crippen LogP contribution in [-0.2, 0) is 14.4 Å². The van der Waals surface area contributed by atoms with Crippen molar-refractivity contribution in [3.63, 3.8) is 0 Å². The largest absolute Gasteiger partial charge is 0.507 e. The van der Waals surface area contributed by atoms with E-state index in [1.165, 1.54) is 46.2 Å². The minimum absolute atomic E-state index is 0.00110. The number of benzene rings is 3. The molecule has 58 heavy (non-hydrogen) atoms. The number of likely N-dealkylation sites (N-methyl/N-ethyl adjacent to an activating group) is 1. The number of aromatic hydroxyl groups is 1. The van der Waals surface area contributed by atoms with Crippen LogP contribution in [0.3, 0.4) is 0 Å². The van der Waals surface area contributed by atoms with E-state index in [2.05, 4.69) is 20.6 Å². The zero-order chi connectivity index (χ0) is 41.4. The second-order valence-electron chi connectivity index (χ2n) is 13.8. The lowest BCUT2D eigenvalue weighted by molar-refractivity contribution is -0.136. The van der Waals surface area contributed by atoms with Gasteiger partial charge in [-0.3, -0.25) is 34.2 Å². The fourth-order valence-electron chi connectivity index (χ4n) is 7.07. The van der Waals surface area contributed by atoms with E-state index in [1.807, 2.05) is 0 Å². The molecule has 20 heteroatoms. The fraction of sp³-hybridized carbons (Fsp3) is 0.316. The summed E-state index contributed by atoms with van der Waals surface area (Å²) in [4.78, 5) is 89.3. The highest BCUT2D eigenvalue weighted by Gasteiger charge is 2.44. The number of nitrogens with two attached hydrogens (primary N) is 1. The zero-order valence-electron chi connectivity index (χ0n) is 30.9. The third kappa shape index (κ3) is 7.59. The predicted octanol–water partition coefficient (Wildman–Crippen LogP) is 2.88. The van der Waals surface area contributed by atoms with Crippen LogP contribution in [0.5, 0.6) is 11.5 Å². The van der Waals surface area contributed by atoms with Crippen LogP contribution in [0.25, 0.3) is 22.0 Å². The lowest BCUT2D eigenvalue weighted by Gasteiger charge is -2.35. The van der Waals surface area contributed by atoms with Crippen LogP contribution in [0.1, 0.15) is 40.0 Å². The summed E-state index contributed by atoms with van der Waals surface area (Å²) in [6.07, 6.45) is -0.0205. The maximum atomic E-state index is 16.4. The molecule has 7 amide bonds. The number of aromatic nitrogens is 2. The van der Waals surface area contributed by atoms with Gasteiger partial charge in [0, 0.05) is 63.6 Å². The maximum Gasteiger partial charge on any atom is 0.314 e. The summed E-state index contributed by atoms with van der Waals surface area (Å²) in [5.41, 5.74) is 4.55. The molecule has 3 aliphatic heterocycles. The Labute approximate surface area is 333 Å². The summed E-state index contributed by atoms with van der Waals surface area (Å²) in [6, 6.07) is 7.54. The van der Waals surface area contributed by atoms with Crippen molar-refractivity contribution in [2.24, 2.45) is 5.73 Å². The van der Waals surface area contributed by atoms with E-state index in [-0.39, 0.29) is 116 Å². The lowest BCUT2D eigenvalue weighted by Crippen LogP contribution is -2.54. The highest BCUT2D eigenvalue weighted by molar-refractivity contribution is 6.34. The predicted molar refractivity (Wildman–Crippen MR) is 204 cm³/mol. The second kappa shape index (κ2) is 16.1. The molecule has 7 rings (SSSR count). The number of imide groups is 2. The molecule has 4 heterocycles. The molecule has 5 N–H and O–H groups in total. The number of halogens is 3. The first-order valence-electron chi connectivity index (χ1n) is 18.2. The van der Waals surface area contributed by atoms with E-state index in [0.717, 1.165) is 11.0 Å². The Hall–Kier alpha value is -6.63. The second-order valence-corrected chi connectivity index (χ2v) is 14.2. The summed E-state index contributed by atoms with van der Waals surface area (Å²) < 4.78 is 37.1. The number of phenols is 1. The minimum atomic E-state index is -1.10. The monoisotopic (exact) mass is 819 g/mol. The van der Waals surface area contributed by atoms with Gasteiger partial charge >= 0.3 is 6.03 Å². The van der Waals surface area contributed by atoms with Crippen molar-refractivity contribution in [3.8, 4) is 22.6 Å². The Bertz CT molecular complexity index is 2370. The first-order valence-corrected chi connectivity index (χ1v) is 18.5. The number of hydrogen-bond acceptors (Lipinski definition) is 12. The molecule has 0 saturated carbocycles. The van der Waals surface area contributed by atoms with Gasteiger partial charge in [-0.05, 0) is 42.8 Å². The SMILES string of the molecule is CN(CCOc1ccc2c(c1)C(=O)N(C1CCC(=O)NC1=O)C2=O)C(=O)CCNc1nc(N2CCN(C(N)=O)CC2)c2cc(Cl)c(-c3c(O)cccc3F)c(F)c2n1. The Morgan fingerprint density at radius 2 is 1.78 bits per heavy atom. The maximum absolute atomic E-state index is 16.4. The normalized spacial score (nSPS) is 16.8. The highest BCUT2D eigenvalue weighted by atomic mass is 35.5. The van der Waals surface area contributed by atoms with Crippen molar-refractivity contribution in [2.45, 2.75) is 25.3 Å². The van der Waals surface area contributed by atoms with Crippen LogP contribution in [0.4, 0.5) is 25.3 Å². The average molecular weight is 820 g/mol. The minimum Gasteiger partial charge on any atom is -0.507 e. The topological polar surface area (TPSA) is 221 Å². The summed E-state index contributed by atoms with van der Waals surface area (Å²) in [5.74, 6) is -4.77. The number of amides is 7. The molecule has 0 aliphatic carbocycles. The van der Waals surface area contributed by atoms with Crippen LogP contribution < -0.4 is 26.0 Å². The van der Waals surface area contributed by atoms with Crippen molar-refractivity contribution in [1.29, 1.82) is 0 Å². The number of carbonyl (C=O) groups is 6. The number of hydrogen-bond donors (Lipinski definition) is 4. The number of nitrogens with one attached hydrogen (secondary N) is 2. The van der Waals surface area contributed by atoms with Crippen LogP contribution in [-0.4, -0.2) is 124 Å².